The fourth-order valence-corrected chi connectivity index (χ4v) is 1.56. The zero-order valence-corrected chi connectivity index (χ0v) is 10.7. The van der Waals surface area contributed by atoms with Gasteiger partial charge in [0.2, 0.25) is 0 Å². The number of anilines is 1. The molecule has 1 aliphatic heterocycles. The van der Waals surface area contributed by atoms with Gasteiger partial charge in [-0.3, -0.25) is 0 Å². The Hall–Kier alpha value is -0.915. The molecule has 0 aromatic heterocycles. The topological polar surface area (TPSA) is 3.24 Å². The molecule has 0 amide bonds. The Morgan fingerprint density at radius 2 is 1.73 bits per heavy atom. The fourth-order valence-electron chi connectivity index (χ4n) is 1.56. The van der Waals surface area contributed by atoms with Crippen molar-refractivity contribution in [3.63, 3.8) is 0 Å². The summed E-state index contributed by atoms with van der Waals surface area (Å²) < 4.78 is 0. The quantitative estimate of drug-likeness (QED) is 0.585. The third-order valence-corrected chi connectivity index (χ3v) is 2.24. The van der Waals surface area contributed by atoms with E-state index in [1.54, 1.807) is 0 Å². The summed E-state index contributed by atoms with van der Waals surface area (Å²) in [7, 11) is 7.77. The van der Waals surface area contributed by atoms with E-state index in [-0.39, 0.29) is 0 Å². The van der Waals surface area contributed by atoms with Gasteiger partial charge in [0, 0.05) is 19.3 Å². The van der Waals surface area contributed by atoms with Gasteiger partial charge in [-0.2, -0.15) is 0 Å². The number of rotatable bonds is 0. The third kappa shape index (κ3) is 3.62. The van der Waals surface area contributed by atoms with Crippen molar-refractivity contribution < 1.29 is 0 Å². The predicted octanol–water partition coefficient (Wildman–Crippen LogP) is 2.53. The summed E-state index contributed by atoms with van der Waals surface area (Å²) in [5.74, 6) is 0. The Morgan fingerprint density at radius 3 is 2.33 bits per heavy atom. The molecule has 0 fully saturated rings. The smallest absolute Gasteiger partial charge is 0.113 e. The van der Waals surface area contributed by atoms with Crippen molar-refractivity contribution in [3.05, 3.63) is 23.8 Å². The molecule has 1 heterocycles. The first kappa shape index (κ1) is 14.1. The summed E-state index contributed by atoms with van der Waals surface area (Å²) in [6, 6.07) is 6.13. The van der Waals surface area contributed by atoms with Crippen LogP contribution in [-0.2, 0) is 6.42 Å². The van der Waals surface area contributed by atoms with Crippen molar-refractivity contribution in [2.75, 3.05) is 18.5 Å². The van der Waals surface area contributed by atoms with Crippen molar-refractivity contribution in [2.45, 2.75) is 34.1 Å². The molecular formula is C13H22BN. The highest BCUT2D eigenvalue weighted by molar-refractivity contribution is 6.32. The van der Waals surface area contributed by atoms with Crippen LogP contribution in [0.25, 0.3) is 0 Å². The molecule has 0 N–H and O–H groups in total. The average molecular weight is 203 g/mol. The van der Waals surface area contributed by atoms with E-state index < -0.39 is 0 Å². The van der Waals surface area contributed by atoms with Gasteiger partial charge in [0.1, 0.15) is 7.85 Å². The maximum absolute atomic E-state index is 5.67. The maximum atomic E-state index is 5.67. The minimum absolute atomic E-state index is 0.859. The zero-order chi connectivity index (χ0) is 11.8. The Balaban J connectivity index is 0.000000442. The molecule has 15 heavy (non-hydrogen) atoms. The predicted molar refractivity (Wildman–Crippen MR) is 71.5 cm³/mol. The molecule has 0 saturated carbocycles. The first-order chi connectivity index (χ1) is 7.27. The van der Waals surface area contributed by atoms with Crippen LogP contribution in [0.1, 0.15) is 33.3 Å². The van der Waals surface area contributed by atoms with Crippen molar-refractivity contribution >= 4 is 19.0 Å². The summed E-state index contributed by atoms with van der Waals surface area (Å²) in [5, 5.41) is 0. The van der Waals surface area contributed by atoms with Crippen molar-refractivity contribution in [1.82, 2.24) is 0 Å². The van der Waals surface area contributed by atoms with Gasteiger partial charge in [0.15, 0.2) is 0 Å². The number of benzene rings is 1. The van der Waals surface area contributed by atoms with Gasteiger partial charge in [-0.1, -0.05) is 45.3 Å². The van der Waals surface area contributed by atoms with Gasteiger partial charge in [-0.15, -0.1) is 0 Å². The van der Waals surface area contributed by atoms with Gasteiger partial charge >= 0.3 is 0 Å². The Kier molecular flexibility index (Phi) is 6.94. The van der Waals surface area contributed by atoms with Crippen LogP contribution in [0.5, 0.6) is 0 Å². The molecule has 1 aromatic carbocycles. The Morgan fingerprint density at radius 1 is 1.13 bits per heavy atom. The molecule has 2 rings (SSSR count). The highest BCUT2D eigenvalue weighted by atomic mass is 15.1. The van der Waals surface area contributed by atoms with Gasteiger partial charge < -0.3 is 4.90 Å². The molecular weight excluding hydrogens is 181 g/mol. The first-order valence-corrected chi connectivity index (χ1v) is 5.87. The highest BCUT2D eigenvalue weighted by Gasteiger charge is 2.13. The molecule has 82 valence electrons. The normalized spacial score (nSPS) is 11.9. The molecule has 2 heteroatoms. The van der Waals surface area contributed by atoms with Crippen molar-refractivity contribution in [2.24, 2.45) is 0 Å². The molecule has 1 aromatic rings. The van der Waals surface area contributed by atoms with E-state index in [9.17, 15) is 0 Å². The largest absolute Gasteiger partial charge is 0.374 e. The minimum Gasteiger partial charge on any atom is -0.374 e. The second kappa shape index (κ2) is 7.39. The second-order valence-corrected chi connectivity index (χ2v) is 3.06. The Bertz CT molecular complexity index is 284. The van der Waals surface area contributed by atoms with E-state index in [0.29, 0.717) is 0 Å². The van der Waals surface area contributed by atoms with Crippen LogP contribution in [-0.4, -0.2) is 21.4 Å². The zero-order valence-electron chi connectivity index (χ0n) is 10.7. The minimum atomic E-state index is 0.859. The molecule has 0 unspecified atom stereocenters. The summed E-state index contributed by atoms with van der Waals surface area (Å²) in [6.45, 7) is 9.12. The molecule has 1 aliphatic rings. The molecule has 0 aliphatic carbocycles. The number of nitrogens with zero attached hydrogens (tertiary/aromatic N) is 1. The molecule has 0 spiro atoms. The van der Waals surface area contributed by atoms with Crippen LogP contribution in [0.3, 0.4) is 0 Å². The lowest BCUT2D eigenvalue weighted by molar-refractivity contribution is 0.956. The number of hydrogen-bond donors (Lipinski definition) is 0. The standard InChI is InChI=1S/C9H10BN.2C2H6/c1-11-5-4-7-2-3-8(10)6-9(7)11;2*1-2/h2-3,6H,4-5H2,1H3;2*1-2H3. The van der Waals surface area contributed by atoms with Crippen molar-refractivity contribution in [1.29, 1.82) is 0 Å². The van der Waals surface area contributed by atoms with Crippen LogP contribution < -0.4 is 10.4 Å². The van der Waals surface area contributed by atoms with E-state index in [1.165, 1.54) is 11.3 Å². The molecule has 2 radical (unpaired) electrons. The number of likely N-dealkylation sites (N-methyl/N-ethyl adjacent to an activating group) is 1. The van der Waals surface area contributed by atoms with Gasteiger partial charge in [-0.05, 0) is 18.1 Å². The fraction of sp³-hybridized carbons (Fsp3) is 0.538. The van der Waals surface area contributed by atoms with Crippen LogP contribution in [0, 0.1) is 0 Å². The lowest BCUT2D eigenvalue weighted by Gasteiger charge is -2.11. The molecule has 1 nitrogen and oxygen atoms in total. The average Bonchev–Trinajstić information content (AvgIpc) is 2.66. The van der Waals surface area contributed by atoms with Crippen LogP contribution in [0.4, 0.5) is 5.69 Å². The summed E-state index contributed by atoms with van der Waals surface area (Å²) >= 11 is 0. The second-order valence-electron chi connectivity index (χ2n) is 3.06. The highest BCUT2D eigenvalue weighted by Crippen LogP contribution is 2.24. The van der Waals surface area contributed by atoms with Gasteiger partial charge in [0.05, 0.1) is 0 Å². The summed E-state index contributed by atoms with van der Waals surface area (Å²) in [4.78, 5) is 2.24. The van der Waals surface area contributed by atoms with E-state index in [2.05, 4.69) is 18.0 Å². The van der Waals surface area contributed by atoms with Crippen LogP contribution >= 0.6 is 0 Å². The SMILES string of the molecule is CC.CC.[B]c1ccc2c(c1)N(C)CC2. The van der Waals surface area contributed by atoms with Crippen molar-refractivity contribution in [3.8, 4) is 0 Å². The van der Waals surface area contributed by atoms with Gasteiger partial charge in [-0.25, -0.2) is 0 Å². The lowest BCUT2D eigenvalue weighted by Crippen LogP contribution is -2.14. The van der Waals surface area contributed by atoms with Gasteiger partial charge in [0.25, 0.3) is 0 Å². The maximum Gasteiger partial charge on any atom is 0.113 e. The Labute approximate surface area is 95.9 Å². The van der Waals surface area contributed by atoms with E-state index >= 15 is 0 Å². The number of hydrogen-bond acceptors (Lipinski definition) is 1. The summed E-state index contributed by atoms with van der Waals surface area (Å²) in [6.07, 6.45) is 1.16. The molecule has 0 bridgehead atoms. The van der Waals surface area contributed by atoms with E-state index in [0.717, 1.165) is 18.4 Å². The number of fused-ring (bicyclic) bond motifs is 1. The first-order valence-electron chi connectivity index (χ1n) is 5.87. The molecule has 0 atom stereocenters. The van der Waals surface area contributed by atoms with Crippen LogP contribution in [0.15, 0.2) is 18.2 Å². The summed E-state index contributed by atoms with van der Waals surface area (Å²) in [5.41, 5.74) is 3.57. The third-order valence-electron chi connectivity index (χ3n) is 2.24. The lowest BCUT2D eigenvalue weighted by atomic mass is 9.94. The van der Waals surface area contributed by atoms with E-state index in [4.69, 9.17) is 7.85 Å². The van der Waals surface area contributed by atoms with E-state index in [1.807, 2.05) is 39.8 Å². The molecule has 0 saturated heterocycles. The monoisotopic (exact) mass is 203 g/mol. The van der Waals surface area contributed by atoms with Crippen LogP contribution in [0.2, 0.25) is 0 Å².